The predicted octanol–water partition coefficient (Wildman–Crippen LogP) is 3.73. The van der Waals surface area contributed by atoms with E-state index in [1.54, 1.807) is 0 Å². The van der Waals surface area contributed by atoms with Gasteiger partial charge in [-0.1, -0.05) is 42.7 Å². The first kappa shape index (κ1) is 16.2. The molecule has 0 bridgehead atoms. The van der Waals surface area contributed by atoms with Gasteiger partial charge in [-0.2, -0.15) is 0 Å². The minimum atomic E-state index is -3.64. The smallest absolute Gasteiger partial charge is 0.253 e. The van der Waals surface area contributed by atoms with E-state index in [0.29, 0.717) is 5.02 Å². The van der Waals surface area contributed by atoms with Crippen LogP contribution in [-0.2, 0) is 16.4 Å². The van der Waals surface area contributed by atoms with Crippen LogP contribution in [0.1, 0.15) is 31.2 Å². The molecule has 1 heterocycles. The van der Waals surface area contributed by atoms with Gasteiger partial charge in [-0.25, -0.2) is 8.42 Å². The number of sulfonamides is 1. The number of benzene rings is 1. The molecule has 0 aliphatic heterocycles. The molecule has 0 atom stereocenters. The van der Waals surface area contributed by atoms with Gasteiger partial charge in [-0.05, 0) is 30.7 Å². The Labute approximate surface area is 133 Å². The molecule has 0 saturated carbocycles. The zero-order valence-electron chi connectivity index (χ0n) is 11.5. The van der Waals surface area contributed by atoms with Crippen LogP contribution < -0.4 is 4.72 Å². The molecule has 8 heteroatoms. The Hall–Kier alpha value is -1.18. The lowest BCUT2D eigenvalue weighted by atomic mass is 10.2. The number of aromatic nitrogens is 2. The maximum absolute atomic E-state index is 12.2. The van der Waals surface area contributed by atoms with Crippen LogP contribution in [-0.4, -0.2) is 18.6 Å². The number of halogens is 1. The van der Waals surface area contributed by atoms with Crippen molar-refractivity contribution in [3.63, 3.8) is 0 Å². The van der Waals surface area contributed by atoms with E-state index < -0.39 is 10.0 Å². The molecule has 2 aromatic rings. The average Bonchev–Trinajstić information content (AvgIpc) is 2.86. The van der Waals surface area contributed by atoms with Gasteiger partial charge in [-0.3, -0.25) is 4.72 Å². The van der Waals surface area contributed by atoms with Gasteiger partial charge < -0.3 is 0 Å². The Morgan fingerprint density at radius 2 is 1.90 bits per heavy atom. The van der Waals surface area contributed by atoms with E-state index in [2.05, 4.69) is 21.8 Å². The van der Waals surface area contributed by atoms with Crippen LogP contribution in [0.4, 0.5) is 5.13 Å². The van der Waals surface area contributed by atoms with Crippen molar-refractivity contribution in [2.24, 2.45) is 0 Å². The molecule has 0 spiro atoms. The van der Waals surface area contributed by atoms with Gasteiger partial charge in [0.05, 0.1) is 4.90 Å². The Balaban J connectivity index is 2.05. The fourth-order valence-electron chi connectivity index (χ4n) is 1.71. The Bertz CT molecular complexity index is 684. The summed E-state index contributed by atoms with van der Waals surface area (Å²) in [7, 11) is -3.64. The molecule has 1 aromatic carbocycles. The maximum atomic E-state index is 12.2. The summed E-state index contributed by atoms with van der Waals surface area (Å²) in [6.07, 6.45) is 4.13. The van der Waals surface area contributed by atoms with E-state index in [9.17, 15) is 8.42 Å². The molecule has 0 aliphatic rings. The van der Waals surface area contributed by atoms with Crippen molar-refractivity contribution in [1.29, 1.82) is 0 Å². The first-order valence-corrected chi connectivity index (χ1v) is 9.30. The molecule has 0 radical (unpaired) electrons. The third kappa shape index (κ3) is 4.66. The molecule has 5 nitrogen and oxygen atoms in total. The lowest BCUT2D eigenvalue weighted by molar-refractivity contribution is 0.601. The average molecular weight is 346 g/mol. The van der Waals surface area contributed by atoms with Gasteiger partial charge >= 0.3 is 0 Å². The highest BCUT2D eigenvalue weighted by molar-refractivity contribution is 7.93. The Morgan fingerprint density at radius 3 is 2.57 bits per heavy atom. The zero-order chi connectivity index (χ0) is 15.3. The molecule has 0 unspecified atom stereocenters. The van der Waals surface area contributed by atoms with Gasteiger partial charge in [0.25, 0.3) is 10.0 Å². The van der Waals surface area contributed by atoms with Gasteiger partial charge in [0.1, 0.15) is 5.01 Å². The quantitative estimate of drug-likeness (QED) is 0.776. The topological polar surface area (TPSA) is 72.0 Å². The summed E-state index contributed by atoms with van der Waals surface area (Å²) in [6, 6.07) is 5.97. The fraction of sp³-hybridized carbons (Fsp3) is 0.385. The highest BCUT2D eigenvalue weighted by Crippen LogP contribution is 2.22. The Kier molecular flexibility index (Phi) is 5.55. The van der Waals surface area contributed by atoms with E-state index in [1.807, 2.05) is 0 Å². The minimum Gasteiger partial charge on any atom is -0.253 e. The van der Waals surface area contributed by atoms with Crippen molar-refractivity contribution in [3.05, 3.63) is 34.3 Å². The van der Waals surface area contributed by atoms with Gasteiger partial charge in [-0.15, -0.1) is 10.2 Å². The summed E-state index contributed by atoms with van der Waals surface area (Å²) in [4.78, 5) is 0.148. The third-order valence-corrected chi connectivity index (χ3v) is 5.44. The number of anilines is 1. The molecule has 0 amide bonds. The summed E-state index contributed by atoms with van der Waals surface area (Å²) in [5.74, 6) is 0. The lowest BCUT2D eigenvalue weighted by Crippen LogP contribution is -2.12. The second-order valence-corrected chi connectivity index (χ2v) is 7.70. The maximum Gasteiger partial charge on any atom is 0.263 e. The predicted molar refractivity (Wildman–Crippen MR) is 85.4 cm³/mol. The molecule has 0 aliphatic carbocycles. The number of nitrogens with one attached hydrogen (secondary N) is 1. The summed E-state index contributed by atoms with van der Waals surface area (Å²) in [5, 5.41) is 9.50. The first-order valence-electron chi connectivity index (χ1n) is 6.62. The fourth-order valence-corrected chi connectivity index (χ4v) is 3.85. The van der Waals surface area contributed by atoms with Crippen molar-refractivity contribution in [2.45, 2.75) is 37.5 Å². The van der Waals surface area contributed by atoms with Gasteiger partial charge in [0.15, 0.2) is 0 Å². The van der Waals surface area contributed by atoms with Crippen molar-refractivity contribution in [3.8, 4) is 0 Å². The third-order valence-electron chi connectivity index (χ3n) is 2.81. The van der Waals surface area contributed by atoms with E-state index in [4.69, 9.17) is 11.6 Å². The number of rotatable bonds is 7. The molecule has 1 N–H and O–H groups in total. The van der Waals surface area contributed by atoms with E-state index in [-0.39, 0.29) is 10.0 Å². The Morgan fingerprint density at radius 1 is 1.19 bits per heavy atom. The van der Waals surface area contributed by atoms with E-state index in [0.717, 1.165) is 30.7 Å². The van der Waals surface area contributed by atoms with Crippen LogP contribution in [0.3, 0.4) is 0 Å². The summed E-state index contributed by atoms with van der Waals surface area (Å²) >= 11 is 7.02. The number of hydrogen-bond acceptors (Lipinski definition) is 5. The van der Waals surface area contributed by atoms with Crippen LogP contribution >= 0.6 is 22.9 Å². The number of nitrogens with zero attached hydrogens (tertiary/aromatic N) is 2. The number of hydrogen-bond donors (Lipinski definition) is 1. The van der Waals surface area contributed by atoms with E-state index >= 15 is 0 Å². The minimum absolute atomic E-state index is 0.148. The molecule has 0 saturated heterocycles. The molecule has 21 heavy (non-hydrogen) atoms. The van der Waals surface area contributed by atoms with Crippen LogP contribution in [0.15, 0.2) is 29.2 Å². The summed E-state index contributed by atoms with van der Waals surface area (Å²) in [6.45, 7) is 2.13. The van der Waals surface area contributed by atoms with Crippen molar-refractivity contribution in [1.82, 2.24) is 10.2 Å². The lowest BCUT2D eigenvalue weighted by Gasteiger charge is -2.04. The largest absolute Gasteiger partial charge is 0.263 e. The second kappa shape index (κ2) is 7.20. The molecule has 0 fully saturated rings. The van der Waals surface area contributed by atoms with Crippen LogP contribution in [0.2, 0.25) is 5.02 Å². The molecular formula is C13H16ClN3O2S2. The summed E-state index contributed by atoms with van der Waals surface area (Å²) < 4.78 is 26.8. The highest BCUT2D eigenvalue weighted by atomic mass is 35.5. The van der Waals surface area contributed by atoms with Gasteiger partial charge in [0.2, 0.25) is 5.13 Å². The molecule has 1 aromatic heterocycles. The SMILES string of the molecule is CCCCCc1nnc(NS(=O)(=O)c2ccc(Cl)cc2)s1. The van der Waals surface area contributed by atoms with E-state index in [1.165, 1.54) is 35.6 Å². The van der Waals surface area contributed by atoms with Gasteiger partial charge in [0, 0.05) is 11.4 Å². The second-order valence-electron chi connectivity index (χ2n) is 4.52. The van der Waals surface area contributed by atoms with Crippen molar-refractivity contribution in [2.75, 3.05) is 4.72 Å². The van der Waals surface area contributed by atoms with Crippen LogP contribution in [0.25, 0.3) is 0 Å². The zero-order valence-corrected chi connectivity index (χ0v) is 13.9. The van der Waals surface area contributed by atoms with Crippen molar-refractivity contribution >= 4 is 38.1 Å². The van der Waals surface area contributed by atoms with Crippen LogP contribution in [0, 0.1) is 0 Å². The molecule has 114 valence electrons. The standard InChI is InChI=1S/C13H16ClN3O2S2/c1-2-3-4-5-12-15-16-13(20-12)17-21(18,19)11-8-6-10(14)7-9-11/h6-9H,2-5H2,1H3,(H,16,17). The molecule has 2 rings (SSSR count). The molecular weight excluding hydrogens is 330 g/mol. The first-order chi connectivity index (χ1) is 10.0. The van der Waals surface area contributed by atoms with Crippen LogP contribution in [0.5, 0.6) is 0 Å². The van der Waals surface area contributed by atoms with Crippen molar-refractivity contribution < 1.29 is 8.42 Å². The number of aryl methyl sites for hydroxylation is 1. The summed E-state index contributed by atoms with van der Waals surface area (Å²) in [5.41, 5.74) is 0. The normalized spacial score (nSPS) is 11.5. The highest BCUT2D eigenvalue weighted by Gasteiger charge is 2.16. The number of unbranched alkanes of at least 4 members (excludes halogenated alkanes) is 2. The monoisotopic (exact) mass is 345 g/mol.